The fourth-order valence-corrected chi connectivity index (χ4v) is 4.15. The van der Waals surface area contributed by atoms with Crippen molar-refractivity contribution in [1.82, 2.24) is 0 Å². The lowest BCUT2D eigenvalue weighted by Gasteiger charge is -2.37. The second kappa shape index (κ2) is 6.14. The van der Waals surface area contributed by atoms with Crippen LogP contribution in [0, 0.1) is 16.0 Å². The van der Waals surface area contributed by atoms with Gasteiger partial charge in [0.15, 0.2) is 0 Å². The van der Waals surface area contributed by atoms with E-state index < -0.39 is 10.9 Å². The molecule has 6 nitrogen and oxygen atoms in total. The van der Waals surface area contributed by atoms with Crippen molar-refractivity contribution >= 4 is 28.9 Å². The molecule has 2 aromatic rings. The van der Waals surface area contributed by atoms with E-state index in [4.69, 9.17) is 11.6 Å². The van der Waals surface area contributed by atoms with E-state index in [9.17, 15) is 20.0 Å². The van der Waals surface area contributed by atoms with E-state index in [1.165, 1.54) is 12.1 Å². The van der Waals surface area contributed by atoms with Gasteiger partial charge in [-0.3, -0.25) is 10.1 Å². The third-order valence-corrected chi connectivity index (χ3v) is 5.40. The first-order valence-electron chi connectivity index (χ1n) is 8.20. The zero-order valence-electron chi connectivity index (χ0n) is 13.6. The quantitative estimate of drug-likeness (QED) is 0.461. The highest BCUT2D eigenvalue weighted by molar-refractivity contribution is 6.30. The molecule has 0 unspecified atom stereocenters. The number of nitrogens with one attached hydrogen (secondary N) is 1. The van der Waals surface area contributed by atoms with E-state index in [-0.39, 0.29) is 29.1 Å². The Labute approximate surface area is 154 Å². The number of carbonyl (C=O) groups is 1. The minimum absolute atomic E-state index is 0.0447. The Hall–Kier alpha value is -2.86. The molecule has 0 fully saturated rings. The number of hydrogen-bond acceptors (Lipinski definition) is 4. The Balaban J connectivity index is 1.91. The standard InChI is InChI=1S/C19H15ClN2O4/c20-11-6-4-10(5-7-11)17-13-3-1-2-12(13)16-15(22(25)26)9-8-14(19(23)24)18(16)21-17/h1-2,4-9,12-13,17,21H,3H2,(H,23,24)/t12-,13-,17+/m0/s1. The Bertz CT molecular complexity index is 939. The highest BCUT2D eigenvalue weighted by Gasteiger charge is 2.43. The number of nitrogens with zero attached hydrogens (tertiary/aromatic N) is 1. The number of aromatic carboxylic acids is 1. The molecule has 26 heavy (non-hydrogen) atoms. The van der Waals surface area contributed by atoms with Crippen LogP contribution in [0.5, 0.6) is 0 Å². The van der Waals surface area contributed by atoms with E-state index in [1.54, 1.807) is 12.1 Å². The molecule has 0 bridgehead atoms. The summed E-state index contributed by atoms with van der Waals surface area (Å²) in [4.78, 5) is 22.8. The first kappa shape index (κ1) is 16.6. The molecule has 0 saturated heterocycles. The molecule has 7 heteroatoms. The molecule has 2 aromatic carbocycles. The predicted molar refractivity (Wildman–Crippen MR) is 97.9 cm³/mol. The SMILES string of the molecule is O=C(O)c1ccc([N+](=O)[O-])c2c1N[C@H](c1ccc(Cl)cc1)[C@H]1CC=C[C@H]21. The van der Waals surface area contributed by atoms with E-state index in [1.807, 2.05) is 24.3 Å². The predicted octanol–water partition coefficient (Wildman–Crippen LogP) is 4.77. The summed E-state index contributed by atoms with van der Waals surface area (Å²) in [6, 6.07) is 9.81. The van der Waals surface area contributed by atoms with Crippen LogP contribution < -0.4 is 5.32 Å². The summed E-state index contributed by atoms with van der Waals surface area (Å²) in [5, 5.41) is 25.0. The summed E-state index contributed by atoms with van der Waals surface area (Å²) in [5.41, 5.74) is 1.76. The minimum Gasteiger partial charge on any atom is -0.478 e. The van der Waals surface area contributed by atoms with Gasteiger partial charge in [0.25, 0.3) is 5.69 Å². The Morgan fingerprint density at radius 3 is 2.62 bits per heavy atom. The Morgan fingerprint density at radius 2 is 1.96 bits per heavy atom. The minimum atomic E-state index is -1.11. The smallest absolute Gasteiger partial charge is 0.337 e. The number of hydrogen-bond donors (Lipinski definition) is 2. The maximum absolute atomic E-state index is 11.7. The van der Waals surface area contributed by atoms with Crippen LogP contribution in [0.4, 0.5) is 11.4 Å². The van der Waals surface area contributed by atoms with Gasteiger partial charge in [0.1, 0.15) is 0 Å². The molecule has 1 aliphatic carbocycles. The molecule has 3 atom stereocenters. The fourth-order valence-electron chi connectivity index (χ4n) is 4.03. The first-order chi connectivity index (χ1) is 12.5. The van der Waals surface area contributed by atoms with E-state index in [0.29, 0.717) is 16.3 Å². The second-order valence-corrected chi connectivity index (χ2v) is 6.95. The number of fused-ring (bicyclic) bond motifs is 3. The number of nitro benzene ring substituents is 1. The monoisotopic (exact) mass is 370 g/mol. The maximum Gasteiger partial charge on any atom is 0.337 e. The van der Waals surface area contributed by atoms with Gasteiger partial charge in [-0.05, 0) is 36.1 Å². The number of rotatable bonds is 3. The van der Waals surface area contributed by atoms with Gasteiger partial charge in [-0.2, -0.15) is 0 Å². The highest BCUT2D eigenvalue weighted by atomic mass is 35.5. The molecule has 2 N–H and O–H groups in total. The molecule has 4 rings (SSSR count). The number of allylic oxidation sites excluding steroid dienone is 2. The summed E-state index contributed by atoms with van der Waals surface area (Å²) in [6.07, 6.45) is 4.72. The third-order valence-electron chi connectivity index (χ3n) is 5.15. The van der Waals surface area contributed by atoms with Gasteiger partial charge in [0.2, 0.25) is 0 Å². The number of anilines is 1. The zero-order chi connectivity index (χ0) is 18.4. The molecule has 1 heterocycles. The Morgan fingerprint density at radius 1 is 1.23 bits per heavy atom. The van der Waals surface area contributed by atoms with Crippen LogP contribution in [0.15, 0.2) is 48.6 Å². The van der Waals surface area contributed by atoms with Crippen LogP contribution in [-0.4, -0.2) is 16.0 Å². The van der Waals surface area contributed by atoms with E-state index >= 15 is 0 Å². The summed E-state index contributed by atoms with van der Waals surface area (Å²) < 4.78 is 0. The molecule has 0 saturated carbocycles. The number of nitro groups is 1. The molecule has 132 valence electrons. The molecule has 0 aromatic heterocycles. The summed E-state index contributed by atoms with van der Waals surface area (Å²) in [7, 11) is 0. The van der Waals surface area contributed by atoms with Crippen molar-refractivity contribution < 1.29 is 14.8 Å². The number of benzene rings is 2. The van der Waals surface area contributed by atoms with Gasteiger partial charge in [-0.25, -0.2) is 4.79 Å². The molecule has 0 radical (unpaired) electrons. The highest BCUT2D eigenvalue weighted by Crippen LogP contribution is 2.53. The van der Waals surface area contributed by atoms with E-state index in [2.05, 4.69) is 5.32 Å². The summed E-state index contributed by atoms with van der Waals surface area (Å²) >= 11 is 5.98. The molecule has 0 spiro atoms. The van der Waals surface area contributed by atoms with Crippen LogP contribution in [-0.2, 0) is 0 Å². The average Bonchev–Trinajstić information content (AvgIpc) is 3.10. The van der Waals surface area contributed by atoms with Crippen LogP contribution in [0.25, 0.3) is 0 Å². The summed E-state index contributed by atoms with van der Waals surface area (Å²) in [5.74, 6) is -1.24. The topological polar surface area (TPSA) is 92.5 Å². The van der Waals surface area contributed by atoms with Crippen molar-refractivity contribution in [3.63, 3.8) is 0 Å². The van der Waals surface area contributed by atoms with Crippen molar-refractivity contribution in [3.05, 3.63) is 80.4 Å². The Kier molecular flexibility index (Phi) is 3.92. The molecule has 1 aliphatic heterocycles. The van der Waals surface area contributed by atoms with Crippen LogP contribution in [0.1, 0.15) is 39.9 Å². The first-order valence-corrected chi connectivity index (χ1v) is 8.58. The van der Waals surface area contributed by atoms with E-state index in [0.717, 1.165) is 12.0 Å². The van der Waals surface area contributed by atoms with Crippen LogP contribution in [0.2, 0.25) is 5.02 Å². The fraction of sp³-hybridized carbons (Fsp3) is 0.211. The molecule has 2 aliphatic rings. The van der Waals surface area contributed by atoms with Gasteiger partial charge >= 0.3 is 5.97 Å². The summed E-state index contributed by atoms with van der Waals surface area (Å²) in [6.45, 7) is 0. The number of carboxylic acids is 1. The van der Waals surface area contributed by atoms with Crippen molar-refractivity contribution in [2.75, 3.05) is 5.32 Å². The number of carboxylic acid groups (broad SMARTS) is 1. The third kappa shape index (κ3) is 2.54. The van der Waals surface area contributed by atoms with Crippen molar-refractivity contribution in [2.45, 2.75) is 18.4 Å². The lowest BCUT2D eigenvalue weighted by molar-refractivity contribution is -0.385. The van der Waals surface area contributed by atoms with Gasteiger partial charge in [-0.15, -0.1) is 0 Å². The van der Waals surface area contributed by atoms with Crippen LogP contribution in [0.3, 0.4) is 0 Å². The average molecular weight is 371 g/mol. The van der Waals surface area contributed by atoms with Gasteiger partial charge in [0.05, 0.1) is 27.8 Å². The maximum atomic E-state index is 11.7. The zero-order valence-corrected chi connectivity index (χ0v) is 14.3. The largest absolute Gasteiger partial charge is 0.478 e. The molecule has 0 amide bonds. The second-order valence-electron chi connectivity index (χ2n) is 6.51. The lowest BCUT2D eigenvalue weighted by Crippen LogP contribution is -2.31. The van der Waals surface area contributed by atoms with Gasteiger partial charge in [-0.1, -0.05) is 35.9 Å². The lowest BCUT2D eigenvalue weighted by atomic mass is 9.75. The van der Waals surface area contributed by atoms with Gasteiger partial charge < -0.3 is 10.4 Å². The number of halogens is 1. The molecular formula is C19H15ClN2O4. The van der Waals surface area contributed by atoms with Crippen molar-refractivity contribution in [2.24, 2.45) is 5.92 Å². The molecular weight excluding hydrogens is 356 g/mol. The van der Waals surface area contributed by atoms with Crippen molar-refractivity contribution in [1.29, 1.82) is 0 Å². The van der Waals surface area contributed by atoms with Gasteiger partial charge in [0, 0.05) is 17.0 Å². The van der Waals surface area contributed by atoms with Crippen molar-refractivity contribution in [3.8, 4) is 0 Å². The normalized spacial score (nSPS) is 23.0. The van der Waals surface area contributed by atoms with Crippen LogP contribution >= 0.6 is 11.6 Å².